The van der Waals surface area contributed by atoms with E-state index in [4.69, 9.17) is 18.9 Å². The van der Waals surface area contributed by atoms with E-state index >= 15 is 0 Å². The quantitative estimate of drug-likeness (QED) is 0.768. The van der Waals surface area contributed by atoms with Crippen LogP contribution in [0.4, 0.5) is 0 Å². The molecule has 1 heterocycles. The van der Waals surface area contributed by atoms with Gasteiger partial charge in [-0.2, -0.15) is 0 Å². The number of carbonyl (C=O) groups is 2. The second-order valence-corrected chi connectivity index (χ2v) is 4.36. The summed E-state index contributed by atoms with van der Waals surface area (Å²) in [6, 6.07) is 9.07. The van der Waals surface area contributed by atoms with Crippen LogP contribution in [0.1, 0.15) is 25.7 Å². The van der Waals surface area contributed by atoms with Crippen LogP contribution in [0.5, 0.6) is 0 Å². The molecular formula is C15H18O6. The highest BCUT2D eigenvalue weighted by Gasteiger charge is 2.47. The van der Waals surface area contributed by atoms with E-state index in [1.807, 2.05) is 18.2 Å². The molecule has 21 heavy (non-hydrogen) atoms. The van der Waals surface area contributed by atoms with Crippen LogP contribution in [0.3, 0.4) is 0 Å². The monoisotopic (exact) mass is 294 g/mol. The first-order valence-electron chi connectivity index (χ1n) is 6.86. The van der Waals surface area contributed by atoms with Gasteiger partial charge in [0.25, 0.3) is 0 Å². The Morgan fingerprint density at radius 1 is 0.952 bits per heavy atom. The SMILES string of the molecule is CCOC(=O)C1OC(c2ccccc2)OC1C(=O)OCC. The summed E-state index contributed by atoms with van der Waals surface area (Å²) in [4.78, 5) is 23.8. The minimum Gasteiger partial charge on any atom is -0.464 e. The second-order valence-electron chi connectivity index (χ2n) is 4.36. The second kappa shape index (κ2) is 7.19. The summed E-state index contributed by atoms with van der Waals surface area (Å²) >= 11 is 0. The van der Waals surface area contributed by atoms with Gasteiger partial charge in [-0.25, -0.2) is 9.59 Å². The number of ether oxygens (including phenoxy) is 4. The van der Waals surface area contributed by atoms with E-state index in [9.17, 15) is 9.59 Å². The number of hydrogen-bond acceptors (Lipinski definition) is 6. The van der Waals surface area contributed by atoms with Gasteiger partial charge >= 0.3 is 11.9 Å². The van der Waals surface area contributed by atoms with Gasteiger partial charge in [0.05, 0.1) is 13.2 Å². The van der Waals surface area contributed by atoms with Crippen LogP contribution in [0.15, 0.2) is 30.3 Å². The Labute approximate surface area is 122 Å². The Morgan fingerprint density at radius 3 is 1.86 bits per heavy atom. The molecule has 1 aliphatic rings. The van der Waals surface area contributed by atoms with Crippen molar-refractivity contribution in [3.8, 4) is 0 Å². The molecule has 0 amide bonds. The summed E-state index contributed by atoms with van der Waals surface area (Å²) in [5.41, 5.74) is 0.721. The molecular weight excluding hydrogens is 276 g/mol. The molecule has 2 atom stereocenters. The Morgan fingerprint density at radius 2 is 1.43 bits per heavy atom. The van der Waals surface area contributed by atoms with Gasteiger partial charge in [0.15, 0.2) is 18.5 Å². The lowest BCUT2D eigenvalue weighted by molar-refractivity contribution is -0.163. The maximum atomic E-state index is 11.9. The third-order valence-electron chi connectivity index (χ3n) is 2.92. The molecule has 0 saturated carbocycles. The van der Waals surface area contributed by atoms with Crippen molar-refractivity contribution in [2.24, 2.45) is 0 Å². The smallest absolute Gasteiger partial charge is 0.338 e. The van der Waals surface area contributed by atoms with Crippen molar-refractivity contribution in [2.45, 2.75) is 32.3 Å². The Bertz CT molecular complexity index is 460. The molecule has 0 aliphatic carbocycles. The van der Waals surface area contributed by atoms with Crippen LogP contribution < -0.4 is 0 Å². The van der Waals surface area contributed by atoms with Crippen molar-refractivity contribution in [1.29, 1.82) is 0 Å². The topological polar surface area (TPSA) is 71.1 Å². The number of rotatable bonds is 5. The van der Waals surface area contributed by atoms with Crippen LogP contribution in [0.2, 0.25) is 0 Å². The van der Waals surface area contributed by atoms with Crippen molar-refractivity contribution in [2.75, 3.05) is 13.2 Å². The zero-order valence-corrected chi connectivity index (χ0v) is 12.0. The molecule has 0 N–H and O–H groups in total. The third kappa shape index (κ3) is 3.59. The molecule has 1 saturated heterocycles. The summed E-state index contributed by atoms with van der Waals surface area (Å²) in [6.45, 7) is 3.76. The van der Waals surface area contributed by atoms with E-state index in [1.165, 1.54) is 0 Å². The van der Waals surface area contributed by atoms with E-state index in [1.54, 1.807) is 26.0 Å². The van der Waals surface area contributed by atoms with Gasteiger partial charge in [0.1, 0.15) is 0 Å². The number of carbonyl (C=O) groups excluding carboxylic acids is 2. The molecule has 0 spiro atoms. The van der Waals surface area contributed by atoms with Gasteiger partial charge < -0.3 is 18.9 Å². The number of benzene rings is 1. The zero-order chi connectivity index (χ0) is 15.2. The third-order valence-corrected chi connectivity index (χ3v) is 2.92. The highest BCUT2D eigenvalue weighted by Crippen LogP contribution is 2.32. The average molecular weight is 294 g/mol. The van der Waals surface area contributed by atoms with E-state index in [2.05, 4.69) is 0 Å². The van der Waals surface area contributed by atoms with Crippen LogP contribution in [0.25, 0.3) is 0 Å². The molecule has 114 valence electrons. The maximum absolute atomic E-state index is 11.9. The van der Waals surface area contributed by atoms with Gasteiger partial charge in [-0.05, 0) is 13.8 Å². The molecule has 2 unspecified atom stereocenters. The van der Waals surface area contributed by atoms with Gasteiger partial charge in [-0.3, -0.25) is 0 Å². The first kappa shape index (κ1) is 15.5. The fraction of sp³-hybridized carbons (Fsp3) is 0.467. The summed E-state index contributed by atoms with van der Waals surface area (Å²) in [7, 11) is 0. The molecule has 0 aromatic heterocycles. The first-order chi connectivity index (χ1) is 10.2. The van der Waals surface area contributed by atoms with Crippen molar-refractivity contribution in [1.82, 2.24) is 0 Å². The normalized spacial score (nSPS) is 24.6. The lowest BCUT2D eigenvalue weighted by Gasteiger charge is -2.13. The fourth-order valence-corrected chi connectivity index (χ4v) is 2.02. The highest BCUT2D eigenvalue weighted by molar-refractivity contribution is 5.86. The maximum Gasteiger partial charge on any atom is 0.338 e. The van der Waals surface area contributed by atoms with E-state index in [0.29, 0.717) is 0 Å². The Kier molecular flexibility index (Phi) is 5.30. The molecule has 6 nitrogen and oxygen atoms in total. The number of hydrogen-bond donors (Lipinski definition) is 0. The minimum absolute atomic E-state index is 0.199. The van der Waals surface area contributed by atoms with Crippen molar-refractivity contribution in [3.63, 3.8) is 0 Å². The summed E-state index contributed by atoms with van der Waals surface area (Å²) in [5, 5.41) is 0. The van der Waals surface area contributed by atoms with Crippen LogP contribution in [-0.4, -0.2) is 37.4 Å². The molecule has 0 radical (unpaired) electrons. The molecule has 1 aromatic carbocycles. The highest BCUT2D eigenvalue weighted by atomic mass is 16.8. The van der Waals surface area contributed by atoms with Crippen molar-refractivity contribution < 1.29 is 28.5 Å². The van der Waals surface area contributed by atoms with Gasteiger partial charge in [0.2, 0.25) is 0 Å². The molecule has 0 bridgehead atoms. The predicted octanol–water partition coefficient (Wildman–Crippen LogP) is 1.60. The molecule has 6 heteroatoms. The van der Waals surface area contributed by atoms with Crippen LogP contribution in [0, 0.1) is 0 Å². The zero-order valence-electron chi connectivity index (χ0n) is 12.0. The number of esters is 2. The Balaban J connectivity index is 2.16. The lowest BCUT2D eigenvalue weighted by atomic mass is 10.2. The van der Waals surface area contributed by atoms with Gasteiger partial charge in [-0.15, -0.1) is 0 Å². The lowest BCUT2D eigenvalue weighted by Crippen LogP contribution is -2.39. The molecule has 2 rings (SSSR count). The fourth-order valence-electron chi connectivity index (χ4n) is 2.02. The van der Waals surface area contributed by atoms with E-state index in [0.717, 1.165) is 5.56 Å². The standard InChI is InChI=1S/C15H18O6/c1-3-18-13(16)11-12(14(17)19-4-2)21-15(20-11)10-8-6-5-7-9-10/h5-9,11-12,15H,3-4H2,1-2H3. The average Bonchev–Trinajstić information content (AvgIpc) is 2.94. The summed E-state index contributed by atoms with van der Waals surface area (Å²) in [5.74, 6) is -1.26. The first-order valence-corrected chi connectivity index (χ1v) is 6.86. The minimum atomic E-state index is -1.12. The molecule has 1 aromatic rings. The molecule has 1 aliphatic heterocycles. The van der Waals surface area contributed by atoms with Crippen molar-refractivity contribution >= 4 is 11.9 Å². The summed E-state index contributed by atoms with van der Waals surface area (Å²) in [6.07, 6.45) is -3.03. The predicted molar refractivity (Wildman–Crippen MR) is 72.2 cm³/mol. The summed E-state index contributed by atoms with van der Waals surface area (Å²) < 4.78 is 20.9. The van der Waals surface area contributed by atoms with Crippen LogP contribution in [-0.2, 0) is 28.5 Å². The van der Waals surface area contributed by atoms with Crippen molar-refractivity contribution in [3.05, 3.63) is 35.9 Å². The largest absolute Gasteiger partial charge is 0.464 e. The van der Waals surface area contributed by atoms with E-state index in [-0.39, 0.29) is 13.2 Å². The molecule has 1 fully saturated rings. The van der Waals surface area contributed by atoms with Crippen LogP contribution >= 0.6 is 0 Å². The van der Waals surface area contributed by atoms with Gasteiger partial charge in [0, 0.05) is 5.56 Å². The Hall–Kier alpha value is -1.92. The van der Waals surface area contributed by atoms with Gasteiger partial charge in [-0.1, -0.05) is 30.3 Å². The van der Waals surface area contributed by atoms with E-state index < -0.39 is 30.4 Å².